The van der Waals surface area contributed by atoms with Crippen molar-refractivity contribution in [1.82, 2.24) is 0 Å². The summed E-state index contributed by atoms with van der Waals surface area (Å²) in [7, 11) is -4.67. The van der Waals surface area contributed by atoms with Crippen LogP contribution in [0.4, 0.5) is 17.1 Å². The Balaban J connectivity index is 0. The third kappa shape index (κ3) is 25.6. The molecule has 0 radical (unpaired) electrons. The van der Waals surface area contributed by atoms with E-state index >= 15 is 0 Å². The number of para-hydroxylation sites is 1. The van der Waals surface area contributed by atoms with Crippen LogP contribution < -0.4 is 39.7 Å². The zero-order chi connectivity index (χ0) is 48.0. The van der Waals surface area contributed by atoms with Crippen LogP contribution in [0, 0.1) is 15.0 Å². The van der Waals surface area contributed by atoms with Crippen LogP contribution in [-0.4, -0.2) is 45.8 Å². The number of hydrogen-bond acceptors (Lipinski definition) is 9. The fraction of sp³-hybridized carbons (Fsp3) is 0.700. The predicted molar refractivity (Wildman–Crippen MR) is 276 cm³/mol. The molecule has 0 aliphatic carbocycles. The van der Waals surface area contributed by atoms with Gasteiger partial charge >= 0.3 is 40.0 Å². The van der Waals surface area contributed by atoms with Gasteiger partial charge in [-0.3, -0.25) is 19.2 Å². The second kappa shape index (κ2) is 36.9. The predicted octanol–water partition coefficient (Wildman–Crippen LogP) is 11.6. The molecule has 4 rings (SSSR count). The van der Waals surface area contributed by atoms with Gasteiger partial charge < -0.3 is 15.1 Å². The molecule has 0 fully saturated rings. The van der Waals surface area contributed by atoms with Crippen molar-refractivity contribution >= 4 is 57.1 Å². The van der Waals surface area contributed by atoms with Crippen LogP contribution >= 0.6 is 24.0 Å². The van der Waals surface area contributed by atoms with Gasteiger partial charge in [-0.05, 0) is 38.3 Å². The summed E-state index contributed by atoms with van der Waals surface area (Å²) >= 11 is 0. The van der Waals surface area contributed by atoms with Crippen LogP contribution in [0.15, 0.2) is 60.1 Å². The van der Waals surface area contributed by atoms with E-state index in [1.54, 1.807) is 12.1 Å². The van der Waals surface area contributed by atoms with Crippen LogP contribution in [-0.2, 0) is 26.2 Å². The van der Waals surface area contributed by atoms with Crippen molar-refractivity contribution in [2.75, 3.05) is 18.0 Å². The van der Waals surface area contributed by atoms with Crippen molar-refractivity contribution in [3.8, 4) is 0 Å². The number of anilines is 1. The fourth-order valence-electron chi connectivity index (χ4n) is 8.73. The first-order valence-electron chi connectivity index (χ1n) is 24.2. The molecule has 66 heavy (non-hydrogen) atoms. The molecule has 2 aromatic carbocycles. The van der Waals surface area contributed by atoms with E-state index in [4.69, 9.17) is 27.7 Å². The first-order chi connectivity index (χ1) is 30.4. The minimum absolute atomic E-state index is 0. The first-order valence-corrected chi connectivity index (χ1v) is 25.6. The molecule has 372 valence electrons. The van der Waals surface area contributed by atoms with Gasteiger partial charge in [0.25, 0.3) is 5.69 Å². The monoisotopic (exact) mass is 1070 g/mol. The molecule has 2 N–H and O–H groups in total. The molecule has 13 nitrogen and oxygen atoms in total. The van der Waals surface area contributed by atoms with Crippen LogP contribution in [0.5, 0.6) is 0 Å². The van der Waals surface area contributed by atoms with Crippen LogP contribution in [0.2, 0.25) is 0 Å². The summed E-state index contributed by atoms with van der Waals surface area (Å²) in [4.78, 5) is 23.9. The van der Waals surface area contributed by atoms with Crippen molar-refractivity contribution < 1.29 is 66.8 Å². The maximum Gasteiger partial charge on any atom is 1.00 e. The Kier molecular flexibility index (Phi) is 37.0. The number of allylic oxidation sites excluding steroid dienone is 1. The van der Waals surface area contributed by atoms with Gasteiger partial charge in [-0.15, -0.1) is 28.9 Å². The van der Waals surface area contributed by atoms with E-state index in [-0.39, 0.29) is 75.0 Å². The second-order valence-electron chi connectivity index (χ2n) is 18.4. The number of non-ortho nitro benzene ring substituents is 1. The van der Waals surface area contributed by atoms with E-state index in [1.165, 1.54) is 177 Å². The van der Waals surface area contributed by atoms with Gasteiger partial charge in [0.05, 0.1) is 10.3 Å². The summed E-state index contributed by atoms with van der Waals surface area (Å²) in [6.07, 6.45) is 33.1. The maximum absolute atomic E-state index is 11.1. The quantitative estimate of drug-likeness (QED) is 0.00956. The minimum Gasteiger partial charge on any atom is -0.635 e. The molecule has 2 aliphatic heterocycles. The summed E-state index contributed by atoms with van der Waals surface area (Å²) < 4.78 is 34.2. The Bertz CT molecular complexity index is 1800. The molecule has 0 amide bonds. The summed E-state index contributed by atoms with van der Waals surface area (Å²) in [5, 5.41) is 20.9. The SMILES string of the molecule is C=C1N(CCCCCCCCCCCCCC)c2ccc([N+](=O)[O-])cc2C1(C)C.CCCCCCCCCCCCCC[N+]1=C(C)C(C)(C)c2ccccc21.I.O=NO[O-].O=S(=O)(O)O.[Na+]. The van der Waals surface area contributed by atoms with Crippen LogP contribution in [0.1, 0.15) is 214 Å². The summed E-state index contributed by atoms with van der Waals surface area (Å²) in [6, 6.07) is 14.2. The number of nitro benzene ring substituents is 1. The van der Waals surface area contributed by atoms with Crippen molar-refractivity contribution in [2.24, 2.45) is 5.34 Å². The molecule has 0 bridgehead atoms. The first kappa shape index (κ1) is 66.1. The molecular weight excluding hydrogens is 983 g/mol. The fourth-order valence-corrected chi connectivity index (χ4v) is 8.73. The molecule has 0 saturated carbocycles. The Labute approximate surface area is 438 Å². The smallest absolute Gasteiger partial charge is 0.635 e. The average Bonchev–Trinajstić information content (AvgIpc) is 3.57. The zero-order valence-electron chi connectivity index (χ0n) is 42.0. The van der Waals surface area contributed by atoms with Gasteiger partial charge in [0.1, 0.15) is 11.9 Å². The third-order valence-electron chi connectivity index (χ3n) is 12.9. The van der Waals surface area contributed by atoms with E-state index in [0.29, 0.717) is 0 Å². The number of fused-ring (bicyclic) bond motifs is 2. The standard InChI is InChI=1S/C25H40N2O2.C25H42N.HI.HNO3.Na.H2O4S/c1-5-6-7-8-9-10-11-12-13-14-15-16-19-26-21(2)25(3,4)23-20-22(27(28)29)17-18-24(23)26;1-5-6-7-8-9-10-11-12-13-14-15-18-21-26-22(2)25(3,4)23-19-16-17-20-24(23)26;;2-1-4-3;;1-5(2,3)4/h17-18,20H,2,5-16,19H2,1,3-4H3;16-17,19-20H,5-15,18,21H2,1-4H3;1H;3H;;(H2,1,2,3,4)/q;+1;;;+1;/p-1. The van der Waals surface area contributed by atoms with Crippen molar-refractivity contribution in [3.05, 3.63) is 80.9 Å². The van der Waals surface area contributed by atoms with E-state index in [9.17, 15) is 10.1 Å². The van der Waals surface area contributed by atoms with E-state index < -0.39 is 10.4 Å². The van der Waals surface area contributed by atoms with Crippen LogP contribution in [0.25, 0.3) is 0 Å². The maximum atomic E-state index is 11.1. The molecule has 0 atom stereocenters. The number of halogens is 1. The molecule has 0 unspecified atom stereocenters. The number of nitrogens with zero attached hydrogens (tertiary/aromatic N) is 4. The third-order valence-corrected chi connectivity index (χ3v) is 12.9. The molecule has 2 aromatic rings. The second-order valence-corrected chi connectivity index (χ2v) is 19.3. The molecular formula is C50H85IN4NaO9S+. The number of benzene rings is 2. The zero-order valence-corrected chi connectivity index (χ0v) is 47.1. The molecule has 16 heteroatoms. The average molecular weight is 1070 g/mol. The Morgan fingerprint density at radius 1 is 0.712 bits per heavy atom. The van der Waals surface area contributed by atoms with Crippen molar-refractivity contribution in [2.45, 2.75) is 213 Å². The molecule has 0 aromatic heterocycles. The summed E-state index contributed by atoms with van der Waals surface area (Å²) in [5.74, 6) is 0. The largest absolute Gasteiger partial charge is 1.00 e. The Morgan fingerprint density at radius 2 is 1.11 bits per heavy atom. The Morgan fingerprint density at radius 3 is 1.52 bits per heavy atom. The summed E-state index contributed by atoms with van der Waals surface area (Å²) in [6.45, 7) is 22.3. The number of unbranched alkanes of at least 4 members (excludes halogenated alkanes) is 22. The minimum atomic E-state index is -4.67. The Hall–Kier alpha value is -1.99. The van der Waals surface area contributed by atoms with Crippen molar-refractivity contribution in [1.29, 1.82) is 0 Å². The van der Waals surface area contributed by atoms with E-state index in [0.717, 1.165) is 29.9 Å². The van der Waals surface area contributed by atoms with Crippen LogP contribution in [0.3, 0.4) is 0 Å². The van der Waals surface area contributed by atoms with Crippen molar-refractivity contribution in [3.63, 3.8) is 0 Å². The van der Waals surface area contributed by atoms with Gasteiger partial charge in [-0.2, -0.15) is 13.0 Å². The van der Waals surface area contributed by atoms with Gasteiger partial charge in [-0.1, -0.05) is 187 Å². The number of nitro groups is 1. The van der Waals surface area contributed by atoms with Gasteiger partial charge in [0.15, 0.2) is 5.71 Å². The molecule has 0 saturated heterocycles. The van der Waals surface area contributed by atoms with E-state index in [2.05, 4.69) is 93.8 Å². The molecule has 0 spiro atoms. The van der Waals surface area contributed by atoms with Gasteiger partial charge in [0, 0.05) is 60.5 Å². The topological polar surface area (TPSA) is 186 Å². The van der Waals surface area contributed by atoms with E-state index in [1.807, 2.05) is 6.07 Å². The number of hydrogen-bond donors (Lipinski definition) is 2. The number of rotatable bonds is 28. The normalized spacial score (nSPS) is 13.9. The molecule has 2 aliphatic rings. The van der Waals surface area contributed by atoms with Gasteiger partial charge in [-0.25, -0.2) is 0 Å². The van der Waals surface area contributed by atoms with Gasteiger partial charge in [0.2, 0.25) is 5.69 Å². The summed E-state index contributed by atoms with van der Waals surface area (Å²) in [5.41, 5.74) is 7.72. The molecule has 2 heterocycles.